The Morgan fingerprint density at radius 2 is 1.86 bits per heavy atom. The summed E-state index contributed by atoms with van der Waals surface area (Å²) in [5.74, 6) is 0. The van der Waals surface area contributed by atoms with E-state index in [2.05, 4.69) is 62.1 Å². The fourth-order valence-electron chi connectivity index (χ4n) is 2.94. The zero-order valence-corrected chi connectivity index (χ0v) is 14.3. The summed E-state index contributed by atoms with van der Waals surface area (Å²) < 4.78 is 5.96. The number of rotatable bonds is 5. The third kappa shape index (κ3) is 3.63. The van der Waals surface area contributed by atoms with Gasteiger partial charge in [-0.25, -0.2) is 0 Å². The maximum Gasteiger partial charge on any atom is 0.183 e. The highest BCUT2D eigenvalue weighted by Gasteiger charge is 2.18. The lowest BCUT2D eigenvalue weighted by molar-refractivity contribution is 0.316. The van der Waals surface area contributed by atoms with Gasteiger partial charge in [-0.3, -0.25) is 0 Å². The van der Waals surface area contributed by atoms with E-state index in [1.165, 1.54) is 27.8 Å². The van der Waals surface area contributed by atoms with Crippen molar-refractivity contribution in [2.75, 3.05) is 6.61 Å². The third-order valence-corrected chi connectivity index (χ3v) is 5.12. The minimum atomic E-state index is -1.37. The molecule has 0 aliphatic heterocycles. The van der Waals surface area contributed by atoms with E-state index < -0.39 is 8.32 Å². The molecule has 0 bridgehead atoms. The molecular weight excluding hydrogens is 272 g/mol. The predicted octanol–water partition coefficient (Wildman–Crippen LogP) is 5.12. The Kier molecular flexibility index (Phi) is 4.00. The van der Waals surface area contributed by atoms with Gasteiger partial charge in [0.15, 0.2) is 8.32 Å². The van der Waals surface area contributed by atoms with Crippen molar-refractivity contribution >= 4 is 14.4 Å². The lowest BCUT2D eigenvalue weighted by atomic mass is 10.0. The van der Waals surface area contributed by atoms with Gasteiger partial charge in [-0.15, -0.1) is 0 Å². The van der Waals surface area contributed by atoms with Crippen molar-refractivity contribution in [2.24, 2.45) is 0 Å². The van der Waals surface area contributed by atoms with Gasteiger partial charge in [0, 0.05) is 6.61 Å². The predicted molar refractivity (Wildman–Crippen MR) is 92.8 cm³/mol. The van der Waals surface area contributed by atoms with Gasteiger partial charge in [-0.05, 0) is 66.7 Å². The molecule has 2 heteroatoms. The topological polar surface area (TPSA) is 9.23 Å². The number of hydrogen-bond acceptors (Lipinski definition) is 1. The Morgan fingerprint density at radius 3 is 2.62 bits per heavy atom. The highest BCUT2D eigenvalue weighted by Crippen LogP contribution is 2.34. The summed E-state index contributed by atoms with van der Waals surface area (Å²) in [6.07, 6.45) is 10.3. The Hall–Kier alpha value is -1.38. The third-order valence-electron chi connectivity index (χ3n) is 4.05. The van der Waals surface area contributed by atoms with Crippen LogP contribution in [0.3, 0.4) is 0 Å². The van der Waals surface area contributed by atoms with Crippen LogP contribution in [0.4, 0.5) is 0 Å². The molecule has 0 N–H and O–H groups in total. The van der Waals surface area contributed by atoms with Crippen LogP contribution < -0.4 is 0 Å². The molecule has 0 fully saturated rings. The molecule has 1 nitrogen and oxygen atoms in total. The summed E-state index contributed by atoms with van der Waals surface area (Å²) in [6.45, 7) is 7.61. The zero-order chi connectivity index (χ0) is 14.9. The van der Waals surface area contributed by atoms with E-state index in [0.29, 0.717) is 0 Å². The number of hydrogen-bond donors (Lipinski definition) is 0. The molecule has 21 heavy (non-hydrogen) atoms. The second kappa shape index (κ2) is 5.78. The van der Waals surface area contributed by atoms with Crippen molar-refractivity contribution in [2.45, 2.75) is 38.9 Å². The second-order valence-electron chi connectivity index (χ2n) is 6.91. The first-order valence-corrected chi connectivity index (χ1v) is 11.2. The fraction of sp³-hybridized carbons (Fsp3) is 0.368. The van der Waals surface area contributed by atoms with Crippen molar-refractivity contribution < 1.29 is 4.43 Å². The summed E-state index contributed by atoms with van der Waals surface area (Å²) in [4.78, 5) is 0. The van der Waals surface area contributed by atoms with Crippen LogP contribution in [-0.4, -0.2) is 14.9 Å². The maximum absolute atomic E-state index is 5.96. The highest BCUT2D eigenvalue weighted by molar-refractivity contribution is 6.69. The van der Waals surface area contributed by atoms with E-state index in [9.17, 15) is 0 Å². The molecule has 0 radical (unpaired) electrons. The fourth-order valence-corrected chi connectivity index (χ4v) is 3.66. The molecule has 0 saturated heterocycles. The van der Waals surface area contributed by atoms with E-state index in [4.69, 9.17) is 4.43 Å². The van der Waals surface area contributed by atoms with Gasteiger partial charge in [0.2, 0.25) is 0 Å². The molecule has 0 heterocycles. The van der Waals surface area contributed by atoms with E-state index in [1.807, 2.05) is 0 Å². The summed E-state index contributed by atoms with van der Waals surface area (Å²) in [7, 11) is -1.37. The van der Waals surface area contributed by atoms with Crippen LogP contribution in [0.25, 0.3) is 6.08 Å². The molecule has 1 aromatic rings. The average molecular weight is 296 g/mol. The van der Waals surface area contributed by atoms with Crippen LogP contribution in [-0.2, 0) is 10.8 Å². The first kappa shape index (κ1) is 14.5. The van der Waals surface area contributed by atoms with Crippen LogP contribution in [0, 0.1) is 0 Å². The standard InChI is InChI=1S/C19H24OSi/c1-21(2,3)20-11-10-15-8-9-18(12-15)19-13-16-6-4-5-7-17(16)14-19/h4-8,12-13H,9-11,14H2,1-3H3. The summed E-state index contributed by atoms with van der Waals surface area (Å²) in [6, 6.07) is 8.72. The van der Waals surface area contributed by atoms with Gasteiger partial charge in [-0.2, -0.15) is 0 Å². The lowest BCUT2D eigenvalue weighted by Gasteiger charge is -2.16. The first-order chi connectivity index (χ1) is 10.0. The molecule has 0 amide bonds. The van der Waals surface area contributed by atoms with Crippen molar-refractivity contribution in [3.05, 3.63) is 64.3 Å². The van der Waals surface area contributed by atoms with Gasteiger partial charge in [0.1, 0.15) is 0 Å². The summed E-state index contributed by atoms with van der Waals surface area (Å²) >= 11 is 0. The van der Waals surface area contributed by atoms with Gasteiger partial charge in [0.25, 0.3) is 0 Å². The molecule has 0 saturated carbocycles. The normalized spacial score (nSPS) is 17.4. The number of benzene rings is 1. The van der Waals surface area contributed by atoms with Crippen molar-refractivity contribution in [1.29, 1.82) is 0 Å². The molecule has 0 spiro atoms. The summed E-state index contributed by atoms with van der Waals surface area (Å²) in [5.41, 5.74) is 7.29. The summed E-state index contributed by atoms with van der Waals surface area (Å²) in [5, 5.41) is 0. The van der Waals surface area contributed by atoms with Crippen LogP contribution >= 0.6 is 0 Å². The van der Waals surface area contributed by atoms with Gasteiger partial charge < -0.3 is 4.43 Å². The van der Waals surface area contributed by atoms with Crippen LogP contribution in [0.2, 0.25) is 19.6 Å². The molecule has 2 aliphatic carbocycles. The Bertz CT molecular complexity index is 629. The minimum Gasteiger partial charge on any atom is -0.417 e. The molecule has 0 unspecified atom stereocenters. The number of fused-ring (bicyclic) bond motifs is 1. The van der Waals surface area contributed by atoms with Crippen molar-refractivity contribution in [1.82, 2.24) is 0 Å². The Morgan fingerprint density at radius 1 is 1.05 bits per heavy atom. The molecule has 110 valence electrons. The Balaban J connectivity index is 1.59. The van der Waals surface area contributed by atoms with E-state index in [0.717, 1.165) is 25.9 Å². The lowest BCUT2D eigenvalue weighted by Crippen LogP contribution is -2.25. The molecular formula is C19H24OSi. The van der Waals surface area contributed by atoms with Crippen molar-refractivity contribution in [3.8, 4) is 0 Å². The Labute approximate surface area is 129 Å². The second-order valence-corrected chi connectivity index (χ2v) is 11.4. The van der Waals surface area contributed by atoms with Crippen LogP contribution in [0.1, 0.15) is 24.0 Å². The molecule has 2 aliphatic rings. The quantitative estimate of drug-likeness (QED) is 0.685. The SMILES string of the molecule is C[Si](C)(C)OCCC1=CCC(C2=Cc3ccccc3C2)=C1. The zero-order valence-electron chi connectivity index (χ0n) is 13.3. The molecule has 3 rings (SSSR count). The molecule has 1 aromatic carbocycles. The van der Waals surface area contributed by atoms with E-state index >= 15 is 0 Å². The average Bonchev–Trinajstić information content (AvgIpc) is 3.02. The molecule has 0 aromatic heterocycles. The maximum atomic E-state index is 5.96. The largest absolute Gasteiger partial charge is 0.417 e. The monoisotopic (exact) mass is 296 g/mol. The van der Waals surface area contributed by atoms with Crippen LogP contribution in [0.15, 0.2) is 53.1 Å². The molecule has 0 atom stereocenters. The first-order valence-electron chi connectivity index (χ1n) is 7.84. The minimum absolute atomic E-state index is 0.866. The smallest absolute Gasteiger partial charge is 0.183 e. The van der Waals surface area contributed by atoms with E-state index in [1.54, 1.807) is 0 Å². The highest BCUT2D eigenvalue weighted by atomic mass is 28.4. The van der Waals surface area contributed by atoms with Crippen LogP contribution in [0.5, 0.6) is 0 Å². The van der Waals surface area contributed by atoms with Gasteiger partial charge in [0.05, 0.1) is 0 Å². The van der Waals surface area contributed by atoms with Gasteiger partial charge >= 0.3 is 0 Å². The van der Waals surface area contributed by atoms with E-state index in [-0.39, 0.29) is 0 Å². The number of allylic oxidation sites excluding steroid dienone is 4. The van der Waals surface area contributed by atoms with Crippen molar-refractivity contribution in [3.63, 3.8) is 0 Å². The van der Waals surface area contributed by atoms with Gasteiger partial charge in [-0.1, -0.05) is 42.5 Å².